The first-order valence-electron chi connectivity index (χ1n) is 13.7. The van der Waals surface area contributed by atoms with E-state index in [4.69, 9.17) is 19.2 Å². The third-order valence-corrected chi connectivity index (χ3v) is 7.55. The van der Waals surface area contributed by atoms with E-state index in [1.165, 1.54) is 13.2 Å². The molecule has 2 fully saturated rings. The van der Waals surface area contributed by atoms with Crippen molar-refractivity contribution in [2.24, 2.45) is 5.92 Å². The lowest BCUT2D eigenvalue weighted by Gasteiger charge is -2.23. The van der Waals surface area contributed by atoms with Crippen LogP contribution in [0.1, 0.15) is 41.6 Å². The van der Waals surface area contributed by atoms with Gasteiger partial charge in [0, 0.05) is 55.3 Å². The van der Waals surface area contributed by atoms with E-state index >= 15 is 0 Å². The minimum atomic E-state index is -0.495. The summed E-state index contributed by atoms with van der Waals surface area (Å²) in [6, 6.07) is 14.4. The second kappa shape index (κ2) is 11.2. The van der Waals surface area contributed by atoms with E-state index in [2.05, 4.69) is 10.6 Å². The number of amides is 1. The fraction of sp³-hybridized carbons (Fsp3) is 0.355. The van der Waals surface area contributed by atoms with E-state index in [9.17, 15) is 9.18 Å². The van der Waals surface area contributed by atoms with Crippen LogP contribution in [0.3, 0.4) is 0 Å². The first-order valence-corrected chi connectivity index (χ1v) is 13.7. The minimum Gasteiger partial charge on any atom is -0.494 e. The highest BCUT2D eigenvalue weighted by molar-refractivity contribution is 5.96. The van der Waals surface area contributed by atoms with Crippen molar-refractivity contribution >= 4 is 22.6 Å². The molecule has 2 N–H and O–H groups in total. The number of benzene rings is 3. The molecule has 1 aliphatic heterocycles. The van der Waals surface area contributed by atoms with Crippen molar-refractivity contribution in [3.63, 3.8) is 0 Å². The second-order valence-electron chi connectivity index (χ2n) is 10.5. The fourth-order valence-electron chi connectivity index (χ4n) is 5.08. The zero-order chi connectivity index (χ0) is 27.6. The Bertz CT molecular complexity index is 1540. The predicted molar refractivity (Wildman–Crippen MR) is 151 cm³/mol. The largest absolute Gasteiger partial charge is 0.494 e. The van der Waals surface area contributed by atoms with E-state index in [1.54, 1.807) is 18.5 Å². The van der Waals surface area contributed by atoms with Crippen LogP contribution in [-0.4, -0.2) is 48.4 Å². The summed E-state index contributed by atoms with van der Waals surface area (Å²) < 4.78 is 33.0. The zero-order valence-corrected chi connectivity index (χ0v) is 22.7. The molecule has 1 amide bonds. The van der Waals surface area contributed by atoms with Crippen LogP contribution in [0.2, 0.25) is 0 Å². The Morgan fingerprint density at radius 3 is 2.62 bits per heavy atom. The van der Waals surface area contributed by atoms with E-state index in [0.717, 1.165) is 73.4 Å². The molecule has 0 bridgehead atoms. The molecule has 1 aliphatic carbocycles. The molecule has 1 saturated carbocycles. The molecule has 1 aromatic heterocycles. The van der Waals surface area contributed by atoms with Gasteiger partial charge in [-0.3, -0.25) is 9.36 Å². The number of carbonyl (C=O) groups excluding carboxylic acids is 1. The summed E-state index contributed by atoms with van der Waals surface area (Å²) in [5.74, 6) is 1.04. The lowest BCUT2D eigenvalue weighted by molar-refractivity contribution is 0.0699. The fourth-order valence-corrected chi connectivity index (χ4v) is 5.08. The third-order valence-electron chi connectivity index (χ3n) is 7.55. The maximum absolute atomic E-state index is 14.4. The molecule has 40 heavy (non-hydrogen) atoms. The van der Waals surface area contributed by atoms with Gasteiger partial charge in [0.15, 0.2) is 11.6 Å². The van der Waals surface area contributed by atoms with Crippen molar-refractivity contribution < 1.29 is 23.4 Å². The van der Waals surface area contributed by atoms with Gasteiger partial charge >= 0.3 is 0 Å². The average Bonchev–Trinajstić information content (AvgIpc) is 3.67. The van der Waals surface area contributed by atoms with Gasteiger partial charge in [-0.1, -0.05) is 0 Å². The molecule has 6 rings (SSSR count). The Labute approximate surface area is 232 Å². The highest BCUT2D eigenvalue weighted by Crippen LogP contribution is 2.34. The summed E-state index contributed by atoms with van der Waals surface area (Å²) >= 11 is 0. The highest BCUT2D eigenvalue weighted by atomic mass is 19.1. The molecule has 0 spiro atoms. The van der Waals surface area contributed by atoms with Crippen molar-refractivity contribution in [3.05, 3.63) is 71.8 Å². The first kappa shape index (κ1) is 26.1. The third kappa shape index (κ3) is 5.60. The van der Waals surface area contributed by atoms with E-state index in [-0.39, 0.29) is 11.7 Å². The van der Waals surface area contributed by atoms with Crippen molar-refractivity contribution in [3.8, 4) is 22.9 Å². The number of imidazole rings is 1. The smallest absolute Gasteiger partial charge is 0.251 e. The number of halogens is 1. The monoisotopic (exact) mass is 544 g/mol. The molecule has 0 radical (unpaired) electrons. The number of rotatable bonds is 9. The van der Waals surface area contributed by atoms with Crippen molar-refractivity contribution in [1.29, 1.82) is 0 Å². The van der Waals surface area contributed by atoms with Crippen molar-refractivity contribution in [2.75, 3.05) is 32.2 Å². The van der Waals surface area contributed by atoms with Crippen LogP contribution in [0.5, 0.6) is 17.2 Å². The van der Waals surface area contributed by atoms with Gasteiger partial charge in [0.2, 0.25) is 0 Å². The summed E-state index contributed by atoms with van der Waals surface area (Å²) in [6.07, 6.45) is 5.88. The Kier molecular flexibility index (Phi) is 7.30. The topological polar surface area (TPSA) is 86.6 Å². The van der Waals surface area contributed by atoms with Gasteiger partial charge in [0.05, 0.1) is 18.3 Å². The molecule has 3 aromatic carbocycles. The molecular formula is C31H33FN4O4. The van der Waals surface area contributed by atoms with Gasteiger partial charge in [0.1, 0.15) is 23.3 Å². The molecule has 2 aliphatic rings. The normalized spacial score (nSPS) is 15.7. The number of hydrogen-bond acceptors (Lipinski definition) is 6. The van der Waals surface area contributed by atoms with Crippen molar-refractivity contribution in [2.45, 2.75) is 38.6 Å². The summed E-state index contributed by atoms with van der Waals surface area (Å²) in [7, 11) is 1.43. The Balaban J connectivity index is 1.34. The first-order chi connectivity index (χ1) is 19.5. The molecule has 0 atom stereocenters. The number of fused-ring (bicyclic) bond motifs is 1. The van der Waals surface area contributed by atoms with E-state index in [0.29, 0.717) is 29.0 Å². The van der Waals surface area contributed by atoms with Crippen LogP contribution in [0.4, 0.5) is 10.1 Å². The summed E-state index contributed by atoms with van der Waals surface area (Å²) in [6.45, 7) is 4.28. The number of hydrogen-bond donors (Lipinski definition) is 2. The number of nitrogens with one attached hydrogen (secondary N) is 2. The molecule has 9 heteroatoms. The molecule has 1 saturated heterocycles. The molecule has 0 unspecified atom stereocenters. The Hall–Kier alpha value is -4.11. The molecule has 2 heterocycles. The number of methoxy groups -OCH3 is 1. The number of aryl methyl sites for hydroxylation is 1. The zero-order valence-electron chi connectivity index (χ0n) is 22.7. The van der Waals surface area contributed by atoms with Crippen LogP contribution < -0.4 is 20.1 Å². The maximum atomic E-state index is 14.4. The Morgan fingerprint density at radius 1 is 1.07 bits per heavy atom. The van der Waals surface area contributed by atoms with E-state index in [1.807, 2.05) is 41.8 Å². The van der Waals surface area contributed by atoms with Gasteiger partial charge in [0.25, 0.3) is 5.91 Å². The van der Waals surface area contributed by atoms with Gasteiger partial charge in [-0.05, 0) is 74.4 Å². The van der Waals surface area contributed by atoms with Crippen LogP contribution in [0, 0.1) is 18.7 Å². The SMILES string of the molecule is COc1ccc(Oc2cc(NCC3CCOCC3)c3ncn(-c4ccc(C(=O)NC5CC5)c(C)c4)c3c2)cc1F. The van der Waals surface area contributed by atoms with Gasteiger partial charge in [-0.25, -0.2) is 9.37 Å². The van der Waals surface area contributed by atoms with Crippen LogP contribution >= 0.6 is 0 Å². The van der Waals surface area contributed by atoms with Crippen LogP contribution in [0.25, 0.3) is 16.7 Å². The maximum Gasteiger partial charge on any atom is 0.251 e. The van der Waals surface area contributed by atoms with Gasteiger partial charge < -0.3 is 24.8 Å². The average molecular weight is 545 g/mol. The highest BCUT2D eigenvalue weighted by Gasteiger charge is 2.24. The molecule has 8 nitrogen and oxygen atoms in total. The molecular weight excluding hydrogens is 511 g/mol. The second-order valence-corrected chi connectivity index (χ2v) is 10.5. The number of nitrogens with zero attached hydrogens (tertiary/aromatic N) is 2. The standard InChI is InChI=1S/C31H33FN4O4/c1-19-13-22(5-7-25(19)31(37)35-21-3-4-21)36-18-34-30-27(33-17-20-9-11-39-12-10-20)15-24(16-28(30)36)40-23-6-8-29(38-2)26(32)14-23/h5-8,13-16,18,20-21,33H,3-4,9-12,17H2,1-2H3,(H,35,37). The Morgan fingerprint density at radius 2 is 1.90 bits per heavy atom. The lowest BCUT2D eigenvalue weighted by Crippen LogP contribution is -2.26. The van der Waals surface area contributed by atoms with Gasteiger partial charge in [-0.2, -0.15) is 0 Å². The summed E-state index contributed by atoms with van der Waals surface area (Å²) in [5, 5.41) is 6.64. The van der Waals surface area contributed by atoms with Crippen LogP contribution in [-0.2, 0) is 4.74 Å². The number of ether oxygens (including phenoxy) is 3. The quantitative estimate of drug-likeness (QED) is 0.269. The predicted octanol–water partition coefficient (Wildman–Crippen LogP) is 6.00. The molecule has 4 aromatic rings. The minimum absolute atomic E-state index is 0.0379. The molecule has 208 valence electrons. The number of aromatic nitrogens is 2. The summed E-state index contributed by atoms with van der Waals surface area (Å²) in [4.78, 5) is 17.4. The number of carbonyl (C=O) groups is 1. The lowest BCUT2D eigenvalue weighted by atomic mass is 10.0. The van der Waals surface area contributed by atoms with E-state index < -0.39 is 5.82 Å². The number of anilines is 1. The van der Waals surface area contributed by atoms with Crippen molar-refractivity contribution in [1.82, 2.24) is 14.9 Å². The summed E-state index contributed by atoms with van der Waals surface area (Å²) in [5.41, 5.74) is 4.90. The van der Waals surface area contributed by atoms with Crippen LogP contribution in [0.15, 0.2) is 54.9 Å². The van der Waals surface area contributed by atoms with Gasteiger partial charge in [-0.15, -0.1) is 0 Å².